The van der Waals surface area contributed by atoms with E-state index in [4.69, 9.17) is 0 Å². The van der Waals surface area contributed by atoms with Crippen molar-refractivity contribution in [2.45, 2.75) is 83.5 Å². The highest BCUT2D eigenvalue weighted by atomic mass is 79.9. The van der Waals surface area contributed by atoms with Gasteiger partial charge in [-0.05, 0) is 79.9 Å². The maximum Gasteiger partial charge on any atom is 0.0175 e. The molecule has 2 aliphatic carbocycles. The van der Waals surface area contributed by atoms with Crippen LogP contribution in [0.5, 0.6) is 0 Å². The van der Waals surface area contributed by atoms with Crippen molar-refractivity contribution in [1.82, 2.24) is 0 Å². The highest BCUT2D eigenvalue weighted by molar-refractivity contribution is 9.10. The number of benzene rings is 1. The van der Waals surface area contributed by atoms with Crippen LogP contribution in [-0.2, 0) is 0 Å². The van der Waals surface area contributed by atoms with E-state index in [0.29, 0.717) is 0 Å². The van der Waals surface area contributed by atoms with Crippen LogP contribution in [0.1, 0.15) is 89.0 Å². The molecule has 128 valence electrons. The van der Waals surface area contributed by atoms with E-state index in [0.717, 1.165) is 23.7 Å². The summed E-state index contributed by atoms with van der Waals surface area (Å²) in [5, 5.41) is 0. The van der Waals surface area contributed by atoms with Crippen molar-refractivity contribution in [1.29, 1.82) is 0 Å². The van der Waals surface area contributed by atoms with Gasteiger partial charge in [-0.2, -0.15) is 0 Å². The van der Waals surface area contributed by atoms with E-state index in [1.807, 2.05) is 0 Å². The predicted octanol–water partition coefficient (Wildman–Crippen LogP) is 7.72. The first-order valence-electron chi connectivity index (χ1n) is 10.0. The van der Waals surface area contributed by atoms with Gasteiger partial charge in [-0.15, -0.1) is 0 Å². The fourth-order valence-electron chi connectivity index (χ4n) is 5.10. The highest BCUT2D eigenvalue weighted by Gasteiger charge is 2.31. The van der Waals surface area contributed by atoms with Gasteiger partial charge in [-0.1, -0.05) is 67.1 Å². The summed E-state index contributed by atoms with van der Waals surface area (Å²) >= 11 is 3.55. The van der Waals surface area contributed by atoms with Crippen LogP contribution in [0.4, 0.5) is 0 Å². The number of rotatable bonds is 5. The Morgan fingerprint density at radius 3 is 1.96 bits per heavy atom. The second kappa shape index (κ2) is 8.70. The van der Waals surface area contributed by atoms with Crippen molar-refractivity contribution in [3.05, 3.63) is 34.3 Å². The Labute approximate surface area is 151 Å². The molecule has 2 saturated carbocycles. The molecular formula is C22H33Br. The first-order chi connectivity index (χ1) is 11.3. The lowest BCUT2D eigenvalue weighted by molar-refractivity contribution is 0.156. The molecule has 0 spiro atoms. The van der Waals surface area contributed by atoms with E-state index >= 15 is 0 Å². The highest BCUT2D eigenvalue weighted by Crippen LogP contribution is 2.44. The lowest BCUT2D eigenvalue weighted by Gasteiger charge is -2.38. The molecule has 2 fully saturated rings. The van der Waals surface area contributed by atoms with E-state index < -0.39 is 0 Å². The van der Waals surface area contributed by atoms with Crippen LogP contribution < -0.4 is 0 Å². The zero-order valence-electron chi connectivity index (χ0n) is 14.8. The summed E-state index contributed by atoms with van der Waals surface area (Å²) in [7, 11) is 0. The maximum atomic E-state index is 3.55. The summed E-state index contributed by atoms with van der Waals surface area (Å²) in [4.78, 5) is 0. The average molecular weight is 377 g/mol. The molecule has 0 amide bonds. The number of unbranched alkanes of at least 4 members (excludes halogenated alkanes) is 1. The summed E-state index contributed by atoms with van der Waals surface area (Å²) in [6.07, 6.45) is 16.2. The molecule has 23 heavy (non-hydrogen) atoms. The maximum absolute atomic E-state index is 3.55. The quantitative estimate of drug-likeness (QED) is 0.493. The molecule has 0 bridgehead atoms. The summed E-state index contributed by atoms with van der Waals surface area (Å²) in [5.41, 5.74) is 1.56. The Morgan fingerprint density at radius 2 is 1.39 bits per heavy atom. The van der Waals surface area contributed by atoms with Gasteiger partial charge in [0.25, 0.3) is 0 Å². The third-order valence-corrected chi connectivity index (χ3v) is 7.17. The fourth-order valence-corrected chi connectivity index (χ4v) is 5.36. The minimum atomic E-state index is 0.820. The van der Waals surface area contributed by atoms with Crippen LogP contribution in [0.15, 0.2) is 28.7 Å². The van der Waals surface area contributed by atoms with E-state index in [1.165, 1.54) is 75.1 Å². The molecule has 1 heteroatoms. The van der Waals surface area contributed by atoms with Crippen molar-refractivity contribution < 1.29 is 0 Å². The topological polar surface area (TPSA) is 0 Å². The third kappa shape index (κ3) is 4.84. The number of hydrogen-bond donors (Lipinski definition) is 0. The minimum absolute atomic E-state index is 0.820. The van der Waals surface area contributed by atoms with Crippen molar-refractivity contribution in [3.63, 3.8) is 0 Å². The van der Waals surface area contributed by atoms with Crippen molar-refractivity contribution in [3.8, 4) is 0 Å². The van der Waals surface area contributed by atoms with E-state index in [2.05, 4.69) is 47.1 Å². The zero-order valence-corrected chi connectivity index (χ0v) is 16.4. The van der Waals surface area contributed by atoms with Gasteiger partial charge >= 0.3 is 0 Å². The summed E-state index contributed by atoms with van der Waals surface area (Å²) in [5.74, 6) is 3.97. The van der Waals surface area contributed by atoms with Crippen LogP contribution in [0.25, 0.3) is 0 Å². The predicted molar refractivity (Wildman–Crippen MR) is 104 cm³/mol. The Balaban J connectivity index is 1.43. The third-order valence-electron chi connectivity index (χ3n) is 6.64. The van der Waals surface area contributed by atoms with E-state index in [-0.39, 0.29) is 0 Å². The minimum Gasteiger partial charge on any atom is -0.0654 e. The van der Waals surface area contributed by atoms with Crippen LogP contribution in [0, 0.1) is 17.8 Å². The largest absolute Gasteiger partial charge is 0.0654 e. The first-order valence-corrected chi connectivity index (χ1v) is 10.8. The number of halogens is 1. The Hall–Kier alpha value is -0.300. The second-order valence-corrected chi connectivity index (χ2v) is 9.00. The average Bonchev–Trinajstić information content (AvgIpc) is 2.61. The van der Waals surface area contributed by atoms with Gasteiger partial charge in [-0.3, -0.25) is 0 Å². The van der Waals surface area contributed by atoms with E-state index in [9.17, 15) is 0 Å². The summed E-state index contributed by atoms with van der Waals surface area (Å²) in [6, 6.07) is 9.07. The SMILES string of the molecule is CCCC[C@H]1CC[C@H]([C@H]2CC[C@H](c3ccc(Br)cc3)CC2)CC1. The van der Waals surface area contributed by atoms with Crippen molar-refractivity contribution in [2.75, 3.05) is 0 Å². The van der Waals surface area contributed by atoms with Gasteiger partial charge < -0.3 is 0 Å². The molecule has 0 heterocycles. The van der Waals surface area contributed by atoms with Gasteiger partial charge in [-0.25, -0.2) is 0 Å². The molecule has 0 unspecified atom stereocenters. The molecule has 1 aromatic carbocycles. The molecule has 1 aromatic rings. The molecule has 0 nitrogen and oxygen atoms in total. The molecular weight excluding hydrogens is 344 g/mol. The molecule has 0 aromatic heterocycles. The lowest BCUT2D eigenvalue weighted by Crippen LogP contribution is -2.25. The van der Waals surface area contributed by atoms with Gasteiger partial charge in [0, 0.05) is 4.47 Å². The number of hydrogen-bond acceptors (Lipinski definition) is 0. The van der Waals surface area contributed by atoms with Crippen LogP contribution >= 0.6 is 15.9 Å². The van der Waals surface area contributed by atoms with Crippen LogP contribution in [0.2, 0.25) is 0 Å². The first kappa shape index (κ1) is 17.5. The van der Waals surface area contributed by atoms with Crippen LogP contribution in [-0.4, -0.2) is 0 Å². The molecule has 0 atom stereocenters. The molecule has 0 saturated heterocycles. The lowest BCUT2D eigenvalue weighted by atomic mass is 9.68. The van der Waals surface area contributed by atoms with Crippen molar-refractivity contribution >= 4 is 15.9 Å². The van der Waals surface area contributed by atoms with Gasteiger partial charge in [0.15, 0.2) is 0 Å². The van der Waals surface area contributed by atoms with Crippen molar-refractivity contribution in [2.24, 2.45) is 17.8 Å². The smallest absolute Gasteiger partial charge is 0.0175 e. The fraction of sp³-hybridized carbons (Fsp3) is 0.727. The standard InChI is InChI=1S/C22H33Br/c1-2-3-4-17-5-7-18(8-6-17)19-9-11-20(12-10-19)21-13-15-22(23)16-14-21/h13-20H,2-12H2,1H3/t17-,18-,19-,20-. The van der Waals surface area contributed by atoms with Gasteiger partial charge in [0.05, 0.1) is 0 Å². The monoisotopic (exact) mass is 376 g/mol. The van der Waals surface area contributed by atoms with E-state index in [1.54, 1.807) is 5.56 Å². The molecule has 3 rings (SSSR count). The zero-order chi connectivity index (χ0) is 16.1. The van der Waals surface area contributed by atoms with Gasteiger partial charge in [0.2, 0.25) is 0 Å². The Kier molecular flexibility index (Phi) is 6.62. The van der Waals surface area contributed by atoms with Crippen LogP contribution in [0.3, 0.4) is 0 Å². The van der Waals surface area contributed by atoms with Gasteiger partial charge in [0.1, 0.15) is 0 Å². The Morgan fingerprint density at radius 1 is 0.826 bits per heavy atom. The Bertz CT molecular complexity index is 447. The molecule has 0 radical (unpaired) electrons. The second-order valence-electron chi connectivity index (χ2n) is 8.09. The summed E-state index contributed by atoms with van der Waals surface area (Å²) < 4.78 is 1.20. The summed E-state index contributed by atoms with van der Waals surface area (Å²) in [6.45, 7) is 2.33. The molecule has 0 aliphatic heterocycles. The molecule has 0 N–H and O–H groups in total. The normalized spacial score (nSPS) is 31.9. The molecule has 2 aliphatic rings.